The topological polar surface area (TPSA) is 48.9 Å². The van der Waals surface area contributed by atoms with Gasteiger partial charge in [0.1, 0.15) is 5.75 Å². The Morgan fingerprint density at radius 2 is 2.04 bits per heavy atom. The van der Waals surface area contributed by atoms with Crippen molar-refractivity contribution in [1.29, 1.82) is 0 Å². The second kappa shape index (κ2) is 11.5. The van der Waals surface area contributed by atoms with Gasteiger partial charge in [-0.2, -0.15) is 0 Å². The van der Waals surface area contributed by atoms with Crippen LogP contribution in [0.1, 0.15) is 25.3 Å². The number of nitrogens with zero attached hydrogens (tertiary/aromatic N) is 2. The molecule has 6 heteroatoms. The van der Waals surface area contributed by atoms with E-state index in [1.807, 2.05) is 19.2 Å². The van der Waals surface area contributed by atoms with Crippen LogP contribution in [0.3, 0.4) is 0 Å². The van der Waals surface area contributed by atoms with Gasteiger partial charge in [-0.3, -0.25) is 9.89 Å². The minimum atomic E-state index is 0. The third kappa shape index (κ3) is 6.47. The van der Waals surface area contributed by atoms with Crippen molar-refractivity contribution >= 4 is 29.9 Å². The third-order valence-corrected chi connectivity index (χ3v) is 4.50. The molecule has 0 spiro atoms. The Balaban J connectivity index is 0.00000288. The lowest BCUT2D eigenvalue weighted by molar-refractivity contribution is 0.267. The van der Waals surface area contributed by atoms with Crippen LogP contribution in [-0.4, -0.2) is 57.2 Å². The molecule has 1 aromatic carbocycles. The van der Waals surface area contributed by atoms with Crippen molar-refractivity contribution in [1.82, 2.24) is 15.5 Å². The maximum atomic E-state index is 5.18. The molecule has 1 unspecified atom stereocenters. The molecular formula is C18H31IN4O. The number of nitrogens with one attached hydrogen (secondary N) is 2. The van der Waals surface area contributed by atoms with Gasteiger partial charge in [-0.15, -0.1) is 24.0 Å². The van der Waals surface area contributed by atoms with E-state index in [2.05, 4.69) is 39.6 Å². The van der Waals surface area contributed by atoms with Crippen LogP contribution >= 0.6 is 24.0 Å². The van der Waals surface area contributed by atoms with Gasteiger partial charge in [0.2, 0.25) is 0 Å². The SMILES string of the molecule is CCN1CCCC1CNC(=NC)NCCc1ccc(OC)cc1.I. The Bertz CT molecular complexity index is 492. The normalized spacial score (nSPS) is 18.1. The number of halogens is 1. The molecule has 1 aliphatic rings. The molecule has 0 saturated carbocycles. The lowest BCUT2D eigenvalue weighted by Gasteiger charge is -2.24. The number of hydrogen-bond donors (Lipinski definition) is 2. The van der Waals surface area contributed by atoms with Crippen molar-refractivity contribution < 1.29 is 4.74 Å². The number of guanidine groups is 1. The monoisotopic (exact) mass is 446 g/mol. The summed E-state index contributed by atoms with van der Waals surface area (Å²) in [5.74, 6) is 1.79. The number of methoxy groups -OCH3 is 1. The zero-order chi connectivity index (χ0) is 16.5. The first-order valence-corrected chi connectivity index (χ1v) is 8.58. The van der Waals surface area contributed by atoms with Crippen LogP contribution < -0.4 is 15.4 Å². The first-order chi connectivity index (χ1) is 11.3. The number of likely N-dealkylation sites (tertiary alicyclic amines) is 1. The van der Waals surface area contributed by atoms with Crippen LogP contribution in [-0.2, 0) is 6.42 Å². The summed E-state index contributed by atoms with van der Waals surface area (Å²) in [5.41, 5.74) is 1.29. The molecule has 136 valence electrons. The highest BCUT2D eigenvalue weighted by atomic mass is 127. The fraction of sp³-hybridized carbons (Fsp3) is 0.611. The maximum Gasteiger partial charge on any atom is 0.191 e. The van der Waals surface area contributed by atoms with Crippen LogP contribution in [0.25, 0.3) is 0 Å². The molecule has 1 fully saturated rings. The first kappa shape index (κ1) is 21.0. The number of aliphatic imine (C=N–C) groups is 1. The van der Waals surface area contributed by atoms with E-state index >= 15 is 0 Å². The van der Waals surface area contributed by atoms with Gasteiger partial charge in [0.05, 0.1) is 7.11 Å². The van der Waals surface area contributed by atoms with Crippen molar-refractivity contribution in [2.24, 2.45) is 4.99 Å². The average Bonchev–Trinajstić information content (AvgIpc) is 3.06. The van der Waals surface area contributed by atoms with E-state index in [9.17, 15) is 0 Å². The number of likely N-dealkylation sites (N-methyl/N-ethyl adjacent to an activating group) is 1. The van der Waals surface area contributed by atoms with Crippen LogP contribution in [0.2, 0.25) is 0 Å². The standard InChI is InChI=1S/C18H30N4O.HI/c1-4-22-13-5-6-16(22)14-21-18(19-2)20-12-11-15-7-9-17(23-3)10-8-15;/h7-10,16H,4-6,11-14H2,1-3H3,(H2,19,20,21);1H. The van der Waals surface area contributed by atoms with Crippen LogP contribution in [0, 0.1) is 0 Å². The Labute approximate surface area is 163 Å². The maximum absolute atomic E-state index is 5.18. The summed E-state index contributed by atoms with van der Waals surface area (Å²) in [6, 6.07) is 8.85. The van der Waals surface area contributed by atoms with Gasteiger partial charge in [0.25, 0.3) is 0 Å². The van der Waals surface area contributed by atoms with E-state index in [1.165, 1.54) is 24.9 Å². The smallest absolute Gasteiger partial charge is 0.191 e. The highest BCUT2D eigenvalue weighted by molar-refractivity contribution is 14.0. The predicted molar refractivity (Wildman–Crippen MR) is 112 cm³/mol. The van der Waals surface area contributed by atoms with Gasteiger partial charge in [0, 0.05) is 26.2 Å². The van der Waals surface area contributed by atoms with E-state index in [0.717, 1.165) is 37.8 Å². The van der Waals surface area contributed by atoms with E-state index in [4.69, 9.17) is 4.74 Å². The molecule has 1 atom stereocenters. The van der Waals surface area contributed by atoms with E-state index in [-0.39, 0.29) is 24.0 Å². The van der Waals surface area contributed by atoms with E-state index in [1.54, 1.807) is 7.11 Å². The largest absolute Gasteiger partial charge is 0.497 e. The fourth-order valence-electron chi connectivity index (χ4n) is 3.10. The molecule has 1 aliphatic heterocycles. The van der Waals surface area contributed by atoms with Crippen molar-refractivity contribution in [2.45, 2.75) is 32.2 Å². The van der Waals surface area contributed by atoms with Crippen LogP contribution in [0.15, 0.2) is 29.3 Å². The number of benzene rings is 1. The lowest BCUT2D eigenvalue weighted by atomic mass is 10.1. The molecule has 0 aliphatic carbocycles. The van der Waals surface area contributed by atoms with Crippen LogP contribution in [0.5, 0.6) is 5.75 Å². The third-order valence-electron chi connectivity index (χ3n) is 4.50. The molecule has 5 nitrogen and oxygen atoms in total. The zero-order valence-electron chi connectivity index (χ0n) is 15.0. The summed E-state index contributed by atoms with van der Waals surface area (Å²) in [7, 11) is 3.52. The lowest BCUT2D eigenvalue weighted by Crippen LogP contribution is -2.45. The molecular weight excluding hydrogens is 415 g/mol. The number of ether oxygens (including phenoxy) is 1. The van der Waals surface area contributed by atoms with Crippen LogP contribution in [0.4, 0.5) is 0 Å². The zero-order valence-corrected chi connectivity index (χ0v) is 17.4. The molecule has 1 saturated heterocycles. The second-order valence-corrected chi connectivity index (χ2v) is 5.90. The Kier molecular flexibility index (Phi) is 10.1. The van der Waals surface area contributed by atoms with E-state index < -0.39 is 0 Å². The Hall–Kier alpha value is -1.02. The summed E-state index contributed by atoms with van der Waals surface area (Å²) in [4.78, 5) is 6.85. The highest BCUT2D eigenvalue weighted by Crippen LogP contribution is 2.15. The van der Waals surface area contributed by atoms with Gasteiger partial charge in [0.15, 0.2) is 5.96 Å². The van der Waals surface area contributed by atoms with Gasteiger partial charge in [-0.05, 0) is 50.0 Å². The minimum absolute atomic E-state index is 0. The summed E-state index contributed by atoms with van der Waals surface area (Å²) in [5, 5.41) is 6.85. The average molecular weight is 446 g/mol. The molecule has 2 N–H and O–H groups in total. The Morgan fingerprint density at radius 3 is 2.67 bits per heavy atom. The van der Waals surface area contributed by atoms with Gasteiger partial charge >= 0.3 is 0 Å². The molecule has 1 heterocycles. The summed E-state index contributed by atoms with van der Waals surface area (Å²) < 4.78 is 5.18. The highest BCUT2D eigenvalue weighted by Gasteiger charge is 2.22. The summed E-state index contributed by atoms with van der Waals surface area (Å²) in [6.45, 7) is 6.44. The van der Waals surface area contributed by atoms with Crippen molar-refractivity contribution in [3.8, 4) is 5.75 Å². The Morgan fingerprint density at radius 1 is 1.29 bits per heavy atom. The van der Waals surface area contributed by atoms with Gasteiger partial charge in [-0.25, -0.2) is 0 Å². The minimum Gasteiger partial charge on any atom is -0.497 e. The summed E-state index contributed by atoms with van der Waals surface area (Å²) in [6.07, 6.45) is 3.56. The molecule has 0 amide bonds. The molecule has 0 radical (unpaired) electrons. The quantitative estimate of drug-likeness (QED) is 0.384. The molecule has 1 aromatic rings. The number of rotatable bonds is 7. The van der Waals surface area contributed by atoms with E-state index in [0.29, 0.717) is 6.04 Å². The molecule has 2 rings (SSSR count). The second-order valence-electron chi connectivity index (χ2n) is 5.90. The predicted octanol–water partition coefficient (Wildman–Crippen LogP) is 2.51. The van der Waals surface area contributed by atoms with Crippen molar-refractivity contribution in [3.05, 3.63) is 29.8 Å². The fourth-order valence-corrected chi connectivity index (χ4v) is 3.10. The molecule has 0 bridgehead atoms. The molecule has 24 heavy (non-hydrogen) atoms. The van der Waals surface area contributed by atoms with Gasteiger partial charge in [-0.1, -0.05) is 19.1 Å². The van der Waals surface area contributed by atoms with Gasteiger partial charge < -0.3 is 15.4 Å². The van der Waals surface area contributed by atoms with Crippen molar-refractivity contribution in [2.75, 3.05) is 40.3 Å². The molecule has 0 aromatic heterocycles. The first-order valence-electron chi connectivity index (χ1n) is 8.58. The number of hydrogen-bond acceptors (Lipinski definition) is 3. The van der Waals surface area contributed by atoms with Crippen molar-refractivity contribution in [3.63, 3.8) is 0 Å². The summed E-state index contributed by atoms with van der Waals surface area (Å²) >= 11 is 0.